The summed E-state index contributed by atoms with van der Waals surface area (Å²) in [5.74, 6) is 0.341. The lowest BCUT2D eigenvalue weighted by atomic mass is 9.70. The summed E-state index contributed by atoms with van der Waals surface area (Å²) in [5.41, 5.74) is 1.13. The van der Waals surface area contributed by atoms with Gasteiger partial charge in [-0.2, -0.15) is 0 Å². The van der Waals surface area contributed by atoms with E-state index in [9.17, 15) is 5.11 Å². The van der Waals surface area contributed by atoms with Crippen LogP contribution in [-0.2, 0) is 4.74 Å². The van der Waals surface area contributed by atoms with Crippen LogP contribution in [-0.4, -0.2) is 17.3 Å². The maximum atomic E-state index is 10.5. The van der Waals surface area contributed by atoms with Gasteiger partial charge in [0.2, 0.25) is 0 Å². The number of rotatable bonds is 2. The Bertz CT molecular complexity index is 428. The molecule has 1 N–H and O–H groups in total. The summed E-state index contributed by atoms with van der Waals surface area (Å²) in [7, 11) is 0. The fraction of sp³-hybridized carbons (Fsp3) is 0.600. The second-order valence-electron chi connectivity index (χ2n) is 5.64. The van der Waals surface area contributed by atoms with Gasteiger partial charge in [-0.3, -0.25) is 0 Å². The molecule has 18 heavy (non-hydrogen) atoms. The molecule has 0 aromatic heterocycles. The normalized spacial score (nSPS) is 27.8. The standard InChI is InChI=1S/C15H19BrO2/c16-13-4-1-3-11(9-13)14(17)12-5-8-18-15(10-12)6-2-7-15/h1,3-4,9,12,14,17H,2,5-8,10H2. The van der Waals surface area contributed by atoms with Gasteiger partial charge in [-0.25, -0.2) is 0 Å². The molecule has 2 nitrogen and oxygen atoms in total. The van der Waals surface area contributed by atoms with Gasteiger partial charge in [0.25, 0.3) is 0 Å². The lowest BCUT2D eigenvalue weighted by Crippen LogP contribution is -2.46. The highest BCUT2D eigenvalue weighted by Crippen LogP contribution is 2.47. The van der Waals surface area contributed by atoms with E-state index in [1.54, 1.807) is 0 Å². The maximum absolute atomic E-state index is 10.5. The first-order chi connectivity index (χ1) is 8.69. The summed E-state index contributed by atoms with van der Waals surface area (Å²) in [5, 5.41) is 10.5. The van der Waals surface area contributed by atoms with Crippen molar-refractivity contribution in [2.75, 3.05) is 6.61 Å². The second-order valence-corrected chi connectivity index (χ2v) is 6.55. The molecule has 0 radical (unpaired) electrons. The number of hydrogen-bond acceptors (Lipinski definition) is 2. The van der Waals surface area contributed by atoms with Crippen LogP contribution in [0.15, 0.2) is 28.7 Å². The minimum atomic E-state index is -0.358. The van der Waals surface area contributed by atoms with Crippen molar-refractivity contribution >= 4 is 15.9 Å². The molecular weight excluding hydrogens is 292 g/mol. The molecule has 1 aromatic rings. The minimum Gasteiger partial charge on any atom is -0.388 e. The van der Waals surface area contributed by atoms with Gasteiger partial charge in [0.05, 0.1) is 11.7 Å². The van der Waals surface area contributed by atoms with Gasteiger partial charge < -0.3 is 9.84 Å². The van der Waals surface area contributed by atoms with Crippen LogP contribution in [0.25, 0.3) is 0 Å². The zero-order chi connectivity index (χ0) is 12.6. The quantitative estimate of drug-likeness (QED) is 0.899. The third-order valence-electron chi connectivity index (χ3n) is 4.43. The van der Waals surface area contributed by atoms with Crippen molar-refractivity contribution in [3.05, 3.63) is 34.3 Å². The highest BCUT2D eigenvalue weighted by Gasteiger charge is 2.44. The number of aliphatic hydroxyl groups excluding tert-OH is 1. The molecule has 0 bridgehead atoms. The van der Waals surface area contributed by atoms with Crippen molar-refractivity contribution in [2.24, 2.45) is 5.92 Å². The highest BCUT2D eigenvalue weighted by atomic mass is 79.9. The molecule has 1 aromatic carbocycles. The van der Waals surface area contributed by atoms with Crippen LogP contribution in [0.1, 0.15) is 43.8 Å². The molecule has 1 saturated heterocycles. The number of benzene rings is 1. The first-order valence-corrected chi connectivity index (χ1v) is 7.55. The summed E-state index contributed by atoms with van der Waals surface area (Å²) in [6.07, 6.45) is 5.25. The van der Waals surface area contributed by atoms with E-state index >= 15 is 0 Å². The molecule has 2 aliphatic rings. The summed E-state index contributed by atoms with van der Waals surface area (Å²) in [4.78, 5) is 0. The van der Waals surface area contributed by atoms with E-state index in [0.29, 0.717) is 5.92 Å². The summed E-state index contributed by atoms with van der Waals surface area (Å²) >= 11 is 3.47. The van der Waals surface area contributed by atoms with E-state index in [1.807, 2.05) is 24.3 Å². The van der Waals surface area contributed by atoms with Gasteiger partial charge in [-0.05, 0) is 55.7 Å². The summed E-state index contributed by atoms with van der Waals surface area (Å²) < 4.78 is 6.95. The van der Waals surface area contributed by atoms with Gasteiger partial charge in [0.15, 0.2) is 0 Å². The molecule has 2 unspecified atom stereocenters. The average Bonchev–Trinajstić information content (AvgIpc) is 2.36. The van der Waals surface area contributed by atoms with Crippen LogP contribution in [0.3, 0.4) is 0 Å². The zero-order valence-electron chi connectivity index (χ0n) is 10.4. The van der Waals surface area contributed by atoms with E-state index in [-0.39, 0.29) is 11.7 Å². The first-order valence-electron chi connectivity index (χ1n) is 6.76. The molecule has 1 aliphatic carbocycles. The van der Waals surface area contributed by atoms with Gasteiger partial charge in [-0.15, -0.1) is 0 Å². The number of hydrogen-bond donors (Lipinski definition) is 1. The predicted octanol–water partition coefficient (Wildman–Crippen LogP) is 3.83. The fourth-order valence-electron chi connectivity index (χ4n) is 3.22. The molecule has 1 heterocycles. The van der Waals surface area contributed by atoms with Crippen molar-refractivity contribution in [1.82, 2.24) is 0 Å². The van der Waals surface area contributed by atoms with Crippen LogP contribution < -0.4 is 0 Å². The van der Waals surface area contributed by atoms with Gasteiger partial charge >= 0.3 is 0 Å². The monoisotopic (exact) mass is 310 g/mol. The minimum absolute atomic E-state index is 0.107. The molecule has 98 valence electrons. The van der Waals surface area contributed by atoms with Crippen LogP contribution in [0.5, 0.6) is 0 Å². The third kappa shape index (κ3) is 2.36. The van der Waals surface area contributed by atoms with E-state index in [1.165, 1.54) is 19.3 Å². The predicted molar refractivity (Wildman–Crippen MR) is 74.4 cm³/mol. The molecule has 3 rings (SSSR count). The number of ether oxygens (including phenoxy) is 1. The van der Waals surface area contributed by atoms with Crippen molar-refractivity contribution < 1.29 is 9.84 Å². The largest absolute Gasteiger partial charge is 0.388 e. The Balaban J connectivity index is 1.73. The van der Waals surface area contributed by atoms with Crippen molar-refractivity contribution in [2.45, 2.75) is 43.8 Å². The van der Waals surface area contributed by atoms with Gasteiger partial charge in [-0.1, -0.05) is 28.1 Å². The first kappa shape index (κ1) is 12.6. The SMILES string of the molecule is OC(c1cccc(Br)c1)C1CCOC2(CCC2)C1. The van der Waals surface area contributed by atoms with Crippen molar-refractivity contribution in [3.63, 3.8) is 0 Å². The lowest BCUT2D eigenvalue weighted by Gasteiger charge is -2.48. The Labute approximate surface area is 116 Å². The number of halogens is 1. The highest BCUT2D eigenvalue weighted by molar-refractivity contribution is 9.10. The molecule has 2 fully saturated rings. The number of aliphatic hydroxyl groups is 1. The molecular formula is C15H19BrO2. The van der Waals surface area contributed by atoms with Gasteiger partial charge in [0.1, 0.15) is 0 Å². The molecule has 3 heteroatoms. The topological polar surface area (TPSA) is 29.5 Å². The van der Waals surface area contributed by atoms with Crippen LogP contribution >= 0.6 is 15.9 Å². The Kier molecular flexibility index (Phi) is 3.48. The lowest BCUT2D eigenvalue weighted by molar-refractivity contribution is -0.157. The van der Waals surface area contributed by atoms with Crippen LogP contribution in [0.4, 0.5) is 0 Å². The summed E-state index contributed by atoms with van der Waals surface area (Å²) in [6, 6.07) is 8.01. The van der Waals surface area contributed by atoms with Crippen molar-refractivity contribution in [1.29, 1.82) is 0 Å². The summed E-state index contributed by atoms with van der Waals surface area (Å²) in [6.45, 7) is 0.801. The Morgan fingerprint density at radius 3 is 2.89 bits per heavy atom. The van der Waals surface area contributed by atoms with Crippen molar-refractivity contribution in [3.8, 4) is 0 Å². The molecule has 2 atom stereocenters. The van der Waals surface area contributed by atoms with E-state index in [4.69, 9.17) is 4.74 Å². The Morgan fingerprint density at radius 1 is 1.39 bits per heavy atom. The molecule has 1 saturated carbocycles. The molecule has 0 amide bonds. The second kappa shape index (κ2) is 4.95. The van der Waals surface area contributed by atoms with Gasteiger partial charge in [0, 0.05) is 11.1 Å². The van der Waals surface area contributed by atoms with Crippen LogP contribution in [0, 0.1) is 5.92 Å². The third-order valence-corrected chi connectivity index (χ3v) is 4.93. The molecule has 1 aliphatic heterocycles. The van der Waals surface area contributed by atoms with E-state index < -0.39 is 0 Å². The Morgan fingerprint density at radius 2 is 2.22 bits per heavy atom. The van der Waals surface area contributed by atoms with Crippen LogP contribution in [0.2, 0.25) is 0 Å². The average molecular weight is 311 g/mol. The zero-order valence-corrected chi connectivity index (χ0v) is 12.0. The van der Waals surface area contributed by atoms with E-state index in [0.717, 1.165) is 29.5 Å². The molecule has 1 spiro atoms. The van der Waals surface area contributed by atoms with E-state index in [2.05, 4.69) is 15.9 Å². The smallest absolute Gasteiger partial charge is 0.0820 e. The Hall–Kier alpha value is -0.380. The fourth-order valence-corrected chi connectivity index (χ4v) is 3.63. The maximum Gasteiger partial charge on any atom is 0.0820 e.